The Morgan fingerprint density at radius 2 is 2.00 bits per heavy atom. The quantitative estimate of drug-likeness (QED) is 0.524. The van der Waals surface area contributed by atoms with Crippen LogP contribution in [-0.4, -0.2) is 5.90 Å². The lowest BCUT2D eigenvalue weighted by Gasteiger charge is -2.04. The van der Waals surface area contributed by atoms with Crippen molar-refractivity contribution in [2.24, 2.45) is 10.9 Å². The highest BCUT2D eigenvalue weighted by Gasteiger charge is 2.07. The standard InChI is InChI=1S/C13H11FN2OS/c1-9(10-4-6-11(14)7-5-10)16-13(17-15)12-3-2-8-18-12/h2-8H,1,15H2/b16-13-. The number of hydrogen-bond acceptors (Lipinski definition) is 4. The molecule has 1 aromatic carbocycles. The highest BCUT2D eigenvalue weighted by molar-refractivity contribution is 7.12. The molecule has 0 saturated carbocycles. The van der Waals surface area contributed by atoms with E-state index in [1.165, 1.54) is 23.5 Å². The molecule has 2 N–H and O–H groups in total. The van der Waals surface area contributed by atoms with E-state index in [1.54, 1.807) is 12.1 Å². The Labute approximate surface area is 108 Å². The second-order valence-corrected chi connectivity index (χ2v) is 4.41. The Morgan fingerprint density at radius 3 is 2.56 bits per heavy atom. The molecule has 0 radical (unpaired) electrons. The molecule has 1 heterocycles. The van der Waals surface area contributed by atoms with Gasteiger partial charge in [-0.2, -0.15) is 5.90 Å². The van der Waals surface area contributed by atoms with Gasteiger partial charge in [0.25, 0.3) is 5.90 Å². The van der Waals surface area contributed by atoms with Crippen LogP contribution in [0.15, 0.2) is 53.3 Å². The molecule has 2 aromatic rings. The van der Waals surface area contributed by atoms with E-state index in [0.29, 0.717) is 17.2 Å². The van der Waals surface area contributed by atoms with Crippen molar-refractivity contribution in [1.82, 2.24) is 0 Å². The Balaban J connectivity index is 2.26. The minimum absolute atomic E-state index is 0.291. The number of hydrogen-bond donors (Lipinski definition) is 1. The first-order chi connectivity index (χ1) is 8.70. The van der Waals surface area contributed by atoms with E-state index in [1.807, 2.05) is 17.5 Å². The Hall–Kier alpha value is -1.98. The summed E-state index contributed by atoms with van der Waals surface area (Å²) in [6.45, 7) is 3.81. The van der Waals surface area contributed by atoms with Gasteiger partial charge in [-0.15, -0.1) is 11.3 Å². The minimum Gasteiger partial charge on any atom is -0.390 e. The van der Waals surface area contributed by atoms with Crippen LogP contribution in [0.2, 0.25) is 0 Å². The number of rotatable bonds is 3. The van der Waals surface area contributed by atoms with Crippen molar-refractivity contribution in [3.63, 3.8) is 0 Å². The average molecular weight is 262 g/mol. The fourth-order valence-corrected chi connectivity index (χ4v) is 2.02. The largest absolute Gasteiger partial charge is 0.390 e. The Bertz CT molecular complexity index is 561. The highest BCUT2D eigenvalue weighted by atomic mass is 32.1. The van der Waals surface area contributed by atoms with Crippen LogP contribution in [0.5, 0.6) is 0 Å². The minimum atomic E-state index is -0.302. The molecular formula is C13H11FN2OS. The number of nitrogens with zero attached hydrogens (tertiary/aromatic N) is 1. The molecule has 0 saturated heterocycles. The van der Waals surface area contributed by atoms with Crippen LogP contribution in [0, 0.1) is 5.82 Å². The SMILES string of the molecule is C=C(/N=C(\ON)c1cccs1)c1ccc(F)cc1. The van der Waals surface area contributed by atoms with Crippen molar-refractivity contribution in [3.05, 3.63) is 64.6 Å². The number of nitrogens with two attached hydrogens (primary N) is 1. The molecule has 1 aromatic heterocycles. The van der Waals surface area contributed by atoms with Gasteiger partial charge in [-0.3, -0.25) is 0 Å². The van der Waals surface area contributed by atoms with Crippen LogP contribution in [0.3, 0.4) is 0 Å². The van der Waals surface area contributed by atoms with Crippen LogP contribution in [0.1, 0.15) is 10.4 Å². The van der Waals surface area contributed by atoms with Crippen LogP contribution in [0.4, 0.5) is 4.39 Å². The molecule has 0 spiro atoms. The summed E-state index contributed by atoms with van der Waals surface area (Å²) in [4.78, 5) is 9.74. The van der Waals surface area contributed by atoms with Gasteiger partial charge in [-0.25, -0.2) is 9.38 Å². The molecule has 0 aliphatic carbocycles. The summed E-state index contributed by atoms with van der Waals surface area (Å²) in [6.07, 6.45) is 0. The van der Waals surface area contributed by atoms with E-state index in [9.17, 15) is 4.39 Å². The van der Waals surface area contributed by atoms with E-state index in [0.717, 1.165) is 4.88 Å². The van der Waals surface area contributed by atoms with E-state index >= 15 is 0 Å². The summed E-state index contributed by atoms with van der Waals surface area (Å²) in [5.74, 6) is 5.18. The van der Waals surface area contributed by atoms with E-state index in [4.69, 9.17) is 10.7 Å². The lowest BCUT2D eigenvalue weighted by atomic mass is 10.2. The predicted octanol–water partition coefficient (Wildman–Crippen LogP) is 3.20. The monoisotopic (exact) mass is 262 g/mol. The Kier molecular flexibility index (Phi) is 3.86. The summed E-state index contributed by atoms with van der Waals surface area (Å²) in [6, 6.07) is 9.62. The maximum absolute atomic E-state index is 12.8. The number of aliphatic imine (C=N–C) groups is 1. The zero-order valence-electron chi connectivity index (χ0n) is 9.47. The summed E-state index contributed by atoms with van der Waals surface area (Å²) in [7, 11) is 0. The van der Waals surface area contributed by atoms with Crippen LogP contribution >= 0.6 is 11.3 Å². The van der Waals surface area contributed by atoms with Crippen molar-refractivity contribution in [2.75, 3.05) is 0 Å². The fourth-order valence-electron chi connectivity index (χ4n) is 1.37. The molecule has 0 aliphatic rings. The van der Waals surface area contributed by atoms with Gasteiger partial charge in [-0.1, -0.05) is 12.6 Å². The number of halogens is 1. The zero-order valence-corrected chi connectivity index (χ0v) is 10.3. The van der Waals surface area contributed by atoms with Gasteiger partial charge in [-0.05, 0) is 41.3 Å². The second-order valence-electron chi connectivity index (χ2n) is 3.47. The van der Waals surface area contributed by atoms with Crippen molar-refractivity contribution in [1.29, 1.82) is 0 Å². The first kappa shape index (κ1) is 12.5. The second kappa shape index (κ2) is 5.57. The molecule has 0 bridgehead atoms. The van der Waals surface area contributed by atoms with E-state index < -0.39 is 0 Å². The van der Waals surface area contributed by atoms with Crippen LogP contribution < -0.4 is 5.90 Å². The molecular weight excluding hydrogens is 251 g/mol. The molecule has 18 heavy (non-hydrogen) atoms. The molecule has 0 aliphatic heterocycles. The summed E-state index contributed by atoms with van der Waals surface area (Å²) in [5.41, 5.74) is 1.17. The zero-order chi connectivity index (χ0) is 13.0. The third kappa shape index (κ3) is 2.82. The summed E-state index contributed by atoms with van der Waals surface area (Å²) >= 11 is 1.46. The maximum atomic E-state index is 12.8. The van der Waals surface area contributed by atoms with Gasteiger partial charge in [0, 0.05) is 0 Å². The smallest absolute Gasteiger partial charge is 0.255 e. The topological polar surface area (TPSA) is 47.6 Å². The molecule has 0 amide bonds. The van der Waals surface area contributed by atoms with E-state index in [-0.39, 0.29) is 5.82 Å². The van der Waals surface area contributed by atoms with Gasteiger partial charge >= 0.3 is 0 Å². The third-order valence-electron chi connectivity index (χ3n) is 2.26. The molecule has 0 unspecified atom stereocenters. The third-order valence-corrected chi connectivity index (χ3v) is 3.12. The van der Waals surface area contributed by atoms with Crippen LogP contribution in [-0.2, 0) is 4.84 Å². The average Bonchev–Trinajstić information content (AvgIpc) is 2.90. The number of benzene rings is 1. The van der Waals surface area contributed by atoms with Crippen LogP contribution in [0.25, 0.3) is 5.70 Å². The molecule has 2 rings (SSSR count). The van der Waals surface area contributed by atoms with Gasteiger partial charge in [0.05, 0.1) is 10.6 Å². The van der Waals surface area contributed by atoms with E-state index in [2.05, 4.69) is 11.6 Å². The summed E-state index contributed by atoms with van der Waals surface area (Å²) in [5, 5.41) is 1.89. The fraction of sp³-hybridized carbons (Fsp3) is 0. The molecule has 0 fully saturated rings. The Morgan fingerprint density at radius 1 is 1.28 bits per heavy atom. The summed E-state index contributed by atoms with van der Waals surface area (Å²) < 4.78 is 12.8. The molecule has 92 valence electrons. The van der Waals surface area contributed by atoms with Gasteiger partial charge in [0.2, 0.25) is 0 Å². The number of thiophene rings is 1. The normalized spacial score (nSPS) is 11.3. The lowest BCUT2D eigenvalue weighted by Crippen LogP contribution is -2.10. The van der Waals surface area contributed by atoms with Gasteiger partial charge < -0.3 is 4.84 Å². The van der Waals surface area contributed by atoms with Gasteiger partial charge in [0.1, 0.15) is 5.82 Å². The lowest BCUT2D eigenvalue weighted by molar-refractivity contribution is 0.323. The van der Waals surface area contributed by atoms with Gasteiger partial charge in [0.15, 0.2) is 0 Å². The predicted molar refractivity (Wildman–Crippen MR) is 71.6 cm³/mol. The first-order valence-corrected chi connectivity index (χ1v) is 6.03. The van der Waals surface area contributed by atoms with Crippen molar-refractivity contribution >= 4 is 22.9 Å². The maximum Gasteiger partial charge on any atom is 0.255 e. The molecule has 3 nitrogen and oxygen atoms in total. The molecule has 0 atom stereocenters. The highest BCUT2D eigenvalue weighted by Crippen LogP contribution is 2.17. The van der Waals surface area contributed by atoms with Crippen molar-refractivity contribution in [2.45, 2.75) is 0 Å². The first-order valence-electron chi connectivity index (χ1n) is 5.15. The van der Waals surface area contributed by atoms with Crippen molar-refractivity contribution < 1.29 is 9.23 Å². The molecule has 5 heteroatoms. The van der Waals surface area contributed by atoms with Crippen molar-refractivity contribution in [3.8, 4) is 0 Å².